The Balaban J connectivity index is 0. The van der Waals surface area contributed by atoms with Gasteiger partial charge in [-0.1, -0.05) is 20.3 Å². The van der Waals surface area contributed by atoms with Crippen molar-refractivity contribution in [2.75, 3.05) is 0 Å². The van der Waals surface area contributed by atoms with Crippen molar-refractivity contribution in [3.05, 3.63) is 0 Å². The fraction of sp³-hybridized carbons (Fsp3) is 1.00. The Morgan fingerprint density at radius 1 is 1.00 bits per heavy atom. The summed E-state index contributed by atoms with van der Waals surface area (Å²) < 4.78 is 0. The van der Waals surface area contributed by atoms with E-state index >= 15 is 0 Å². The predicted octanol–water partition coefficient (Wildman–Crippen LogP) is 1.16. The summed E-state index contributed by atoms with van der Waals surface area (Å²) >= 11 is 0. The van der Waals surface area contributed by atoms with Crippen LogP contribution in [-0.2, 0) is 0 Å². The lowest BCUT2D eigenvalue weighted by Crippen LogP contribution is -2.17. The Morgan fingerprint density at radius 3 is 1.11 bits per heavy atom. The van der Waals surface area contributed by atoms with Gasteiger partial charge in [0.15, 0.2) is 0 Å². The summed E-state index contributed by atoms with van der Waals surface area (Å²) in [5, 5.41) is 16.8. The van der Waals surface area contributed by atoms with Gasteiger partial charge in [-0.05, 0) is 13.8 Å². The van der Waals surface area contributed by atoms with Crippen LogP contribution in [0.5, 0.6) is 0 Å². The molecule has 0 amide bonds. The van der Waals surface area contributed by atoms with E-state index in [1.54, 1.807) is 13.8 Å². The molecule has 0 radical (unpaired) electrons. The molecule has 0 aromatic rings. The zero-order valence-electron chi connectivity index (χ0n) is 6.76. The van der Waals surface area contributed by atoms with Crippen LogP contribution in [0.25, 0.3) is 0 Å². The highest BCUT2D eigenvalue weighted by Crippen LogP contribution is 1.85. The number of rotatable bonds is 1. The lowest BCUT2D eigenvalue weighted by molar-refractivity contribution is 0.0438. The minimum absolute atomic E-state index is 0.593. The SMILES string of the molecule is CC(O)C(C)O.CCC. The Labute approximate surface area is 57.5 Å². The summed E-state index contributed by atoms with van der Waals surface area (Å²) in [4.78, 5) is 0. The van der Waals surface area contributed by atoms with E-state index in [1.165, 1.54) is 6.42 Å². The summed E-state index contributed by atoms with van der Waals surface area (Å²) in [6.45, 7) is 7.34. The van der Waals surface area contributed by atoms with E-state index < -0.39 is 12.2 Å². The molecule has 0 aromatic heterocycles. The van der Waals surface area contributed by atoms with Crippen LogP contribution in [-0.4, -0.2) is 22.4 Å². The highest BCUT2D eigenvalue weighted by Gasteiger charge is 1.99. The second kappa shape index (κ2) is 7.92. The van der Waals surface area contributed by atoms with Gasteiger partial charge in [0.1, 0.15) is 0 Å². The molecular weight excluding hydrogens is 116 g/mol. The zero-order valence-corrected chi connectivity index (χ0v) is 6.76. The van der Waals surface area contributed by atoms with Crippen LogP contribution >= 0.6 is 0 Å². The molecule has 0 spiro atoms. The first kappa shape index (κ1) is 11.7. The van der Waals surface area contributed by atoms with E-state index in [9.17, 15) is 0 Å². The molecule has 0 aromatic carbocycles. The van der Waals surface area contributed by atoms with E-state index in [2.05, 4.69) is 13.8 Å². The largest absolute Gasteiger partial charge is 0.391 e. The zero-order chi connectivity index (χ0) is 7.86. The second-order valence-electron chi connectivity index (χ2n) is 2.19. The smallest absolute Gasteiger partial charge is 0.0768 e. The molecule has 0 heterocycles. The molecule has 2 atom stereocenters. The van der Waals surface area contributed by atoms with E-state index in [1.807, 2.05) is 0 Å². The fourth-order valence-corrected chi connectivity index (χ4v) is 0. The summed E-state index contributed by atoms with van der Waals surface area (Å²) in [6.07, 6.45) is 0.0648. The highest BCUT2D eigenvalue weighted by atomic mass is 16.3. The third-order valence-corrected chi connectivity index (χ3v) is 0.698. The van der Waals surface area contributed by atoms with E-state index in [0.717, 1.165) is 0 Å². The van der Waals surface area contributed by atoms with Crippen LogP contribution < -0.4 is 0 Å². The van der Waals surface area contributed by atoms with Crippen LogP contribution in [0.3, 0.4) is 0 Å². The van der Waals surface area contributed by atoms with Crippen LogP contribution in [0.15, 0.2) is 0 Å². The van der Waals surface area contributed by atoms with Crippen molar-refractivity contribution in [2.45, 2.75) is 46.3 Å². The molecule has 2 nitrogen and oxygen atoms in total. The van der Waals surface area contributed by atoms with E-state index in [-0.39, 0.29) is 0 Å². The first-order valence-electron chi connectivity index (χ1n) is 3.42. The van der Waals surface area contributed by atoms with Crippen molar-refractivity contribution < 1.29 is 10.2 Å². The Bertz CT molecular complexity index is 36.2. The van der Waals surface area contributed by atoms with Gasteiger partial charge in [-0.25, -0.2) is 0 Å². The average Bonchev–Trinajstić information content (AvgIpc) is 1.68. The Morgan fingerprint density at radius 2 is 1.11 bits per heavy atom. The predicted molar refractivity (Wildman–Crippen MR) is 39.3 cm³/mol. The maximum Gasteiger partial charge on any atom is 0.0768 e. The van der Waals surface area contributed by atoms with Crippen LogP contribution in [0.2, 0.25) is 0 Å². The lowest BCUT2D eigenvalue weighted by atomic mass is 10.3. The molecule has 0 saturated heterocycles. The Hall–Kier alpha value is -0.0800. The van der Waals surface area contributed by atoms with Crippen molar-refractivity contribution >= 4 is 0 Å². The van der Waals surface area contributed by atoms with Gasteiger partial charge in [-0.3, -0.25) is 0 Å². The molecular formula is C7H18O2. The second-order valence-corrected chi connectivity index (χ2v) is 2.19. The molecule has 2 unspecified atom stereocenters. The van der Waals surface area contributed by atoms with Crippen molar-refractivity contribution in [1.29, 1.82) is 0 Å². The van der Waals surface area contributed by atoms with Gasteiger partial charge in [-0.2, -0.15) is 0 Å². The summed E-state index contributed by atoms with van der Waals surface area (Å²) in [7, 11) is 0. The molecule has 0 aliphatic rings. The first-order valence-corrected chi connectivity index (χ1v) is 3.42. The molecule has 0 fully saturated rings. The monoisotopic (exact) mass is 134 g/mol. The standard InChI is InChI=1S/C4H10O2.C3H8/c1-3(5)4(2)6;1-3-2/h3-6H,1-2H3;3H2,1-2H3. The lowest BCUT2D eigenvalue weighted by Gasteiger charge is -2.03. The maximum atomic E-state index is 8.38. The molecule has 58 valence electrons. The minimum Gasteiger partial charge on any atom is -0.391 e. The first-order chi connectivity index (χ1) is 4.06. The normalized spacial score (nSPS) is 15.3. The van der Waals surface area contributed by atoms with Crippen LogP contribution in [0, 0.1) is 0 Å². The molecule has 0 bridgehead atoms. The highest BCUT2D eigenvalue weighted by molar-refractivity contribution is 4.50. The quantitative estimate of drug-likeness (QED) is 0.565. The Kier molecular flexibility index (Phi) is 10.3. The van der Waals surface area contributed by atoms with Crippen molar-refractivity contribution in [3.63, 3.8) is 0 Å². The average molecular weight is 134 g/mol. The summed E-state index contributed by atoms with van der Waals surface area (Å²) in [5.74, 6) is 0. The van der Waals surface area contributed by atoms with Crippen molar-refractivity contribution in [2.24, 2.45) is 0 Å². The van der Waals surface area contributed by atoms with Gasteiger partial charge in [0.2, 0.25) is 0 Å². The molecule has 2 heteroatoms. The van der Waals surface area contributed by atoms with Crippen molar-refractivity contribution in [3.8, 4) is 0 Å². The van der Waals surface area contributed by atoms with Gasteiger partial charge in [0, 0.05) is 0 Å². The summed E-state index contributed by atoms with van der Waals surface area (Å²) in [6, 6.07) is 0. The molecule has 0 saturated carbocycles. The topological polar surface area (TPSA) is 40.5 Å². The number of hydrogen-bond acceptors (Lipinski definition) is 2. The van der Waals surface area contributed by atoms with Crippen LogP contribution in [0.4, 0.5) is 0 Å². The molecule has 9 heavy (non-hydrogen) atoms. The maximum absolute atomic E-state index is 8.38. The molecule has 0 rings (SSSR count). The van der Waals surface area contributed by atoms with E-state index in [4.69, 9.17) is 10.2 Å². The third kappa shape index (κ3) is 18.1. The van der Waals surface area contributed by atoms with Crippen molar-refractivity contribution in [1.82, 2.24) is 0 Å². The number of aliphatic hydroxyl groups is 2. The molecule has 0 aliphatic carbocycles. The number of aliphatic hydroxyl groups excluding tert-OH is 2. The summed E-state index contributed by atoms with van der Waals surface area (Å²) in [5.41, 5.74) is 0. The van der Waals surface area contributed by atoms with Crippen LogP contribution in [0.1, 0.15) is 34.1 Å². The van der Waals surface area contributed by atoms with Gasteiger partial charge >= 0.3 is 0 Å². The minimum atomic E-state index is -0.593. The third-order valence-electron chi connectivity index (χ3n) is 0.698. The van der Waals surface area contributed by atoms with E-state index in [0.29, 0.717) is 0 Å². The van der Waals surface area contributed by atoms with Gasteiger partial charge in [0.25, 0.3) is 0 Å². The number of hydrogen-bond donors (Lipinski definition) is 2. The fourth-order valence-electron chi connectivity index (χ4n) is 0. The van der Waals surface area contributed by atoms with Gasteiger partial charge < -0.3 is 10.2 Å². The van der Waals surface area contributed by atoms with Gasteiger partial charge in [0.05, 0.1) is 12.2 Å². The molecule has 2 N–H and O–H groups in total. The van der Waals surface area contributed by atoms with Gasteiger partial charge in [-0.15, -0.1) is 0 Å². The molecule has 0 aliphatic heterocycles.